The molecule has 0 amide bonds. The van der Waals surface area contributed by atoms with Gasteiger partial charge in [0.15, 0.2) is 11.6 Å². The second-order valence-corrected chi connectivity index (χ2v) is 15.5. The Morgan fingerprint density at radius 3 is 2.60 bits per heavy atom. The van der Waals surface area contributed by atoms with Crippen LogP contribution in [0.1, 0.15) is 56.2 Å². The molecule has 0 bridgehead atoms. The number of hydrogen-bond acceptors (Lipinski definition) is 10. The number of nitrogen functional groups attached to an aromatic ring is 1. The lowest BCUT2D eigenvalue weighted by Gasteiger charge is -2.44. The fraction of sp³-hybridized carbons (Fsp3) is 0.406. The average Bonchev–Trinajstić information content (AvgIpc) is 3.62. The summed E-state index contributed by atoms with van der Waals surface area (Å²) >= 11 is 8.16. The van der Waals surface area contributed by atoms with Gasteiger partial charge < -0.3 is 24.5 Å². The molecule has 10 nitrogen and oxygen atoms in total. The average molecular weight is 667 g/mol. The van der Waals surface area contributed by atoms with Crippen LogP contribution in [0, 0.1) is 0 Å². The van der Waals surface area contributed by atoms with Crippen LogP contribution in [-0.4, -0.2) is 55.8 Å². The predicted octanol–water partition coefficient (Wildman–Crippen LogP) is 5.94. The van der Waals surface area contributed by atoms with Crippen molar-refractivity contribution in [2.75, 3.05) is 36.9 Å². The molecule has 1 spiro atoms. The van der Waals surface area contributed by atoms with Crippen molar-refractivity contribution in [1.82, 2.24) is 15.0 Å². The molecule has 2 saturated heterocycles. The molecule has 7 rings (SSSR count). The summed E-state index contributed by atoms with van der Waals surface area (Å²) in [6, 6.07) is 13.9. The number of halogens is 1. The van der Waals surface area contributed by atoms with E-state index in [-0.39, 0.29) is 11.8 Å². The van der Waals surface area contributed by atoms with Gasteiger partial charge in [0.05, 0.1) is 57.3 Å². The van der Waals surface area contributed by atoms with Gasteiger partial charge in [-0.3, -0.25) is 5.14 Å². The van der Waals surface area contributed by atoms with E-state index in [9.17, 15) is 4.21 Å². The highest BCUT2D eigenvalue weighted by atomic mass is 35.5. The van der Waals surface area contributed by atoms with E-state index < -0.39 is 21.3 Å². The molecule has 4 N–H and O–H groups in total. The number of aromatic nitrogens is 3. The van der Waals surface area contributed by atoms with Gasteiger partial charge in [0, 0.05) is 42.3 Å². The fourth-order valence-electron chi connectivity index (χ4n) is 6.48. The number of oxazole rings is 1. The quantitative estimate of drug-likeness (QED) is 0.232. The molecule has 236 valence electrons. The number of fused-ring (bicyclic) bond motifs is 1. The number of piperidine rings is 1. The number of rotatable bonds is 8. The molecule has 13 heteroatoms. The summed E-state index contributed by atoms with van der Waals surface area (Å²) in [4.78, 5) is 17.3. The van der Waals surface area contributed by atoms with Crippen molar-refractivity contribution in [2.45, 2.75) is 65.2 Å². The Balaban J connectivity index is 1.16. The molecule has 0 saturated carbocycles. The third kappa shape index (κ3) is 5.61. The monoisotopic (exact) mass is 666 g/mol. The van der Waals surface area contributed by atoms with Crippen molar-refractivity contribution < 1.29 is 18.1 Å². The molecule has 3 aliphatic rings. The van der Waals surface area contributed by atoms with Crippen molar-refractivity contribution >= 4 is 46.0 Å². The summed E-state index contributed by atoms with van der Waals surface area (Å²) in [6.07, 6.45) is 5.30. The maximum Gasteiger partial charge on any atom is 0.227 e. The van der Waals surface area contributed by atoms with Gasteiger partial charge in [0.25, 0.3) is 0 Å². The van der Waals surface area contributed by atoms with E-state index in [1.807, 2.05) is 50.2 Å². The SMILES string of the molecule is CC(C)(C[C@@H]1c2ccccc2OC12CCN(c1nc(N)c(Sc3cccc(-c4ncco4)c3Cl)nc1C1COC1)CC2)S(N)=O. The lowest BCUT2D eigenvalue weighted by atomic mass is 9.73. The zero-order valence-electron chi connectivity index (χ0n) is 25.1. The smallest absolute Gasteiger partial charge is 0.227 e. The highest BCUT2D eigenvalue weighted by Crippen LogP contribution is 2.53. The summed E-state index contributed by atoms with van der Waals surface area (Å²) in [5.41, 5.74) is 8.90. The molecular weight excluding hydrogens is 632 g/mol. The lowest BCUT2D eigenvalue weighted by Crippen LogP contribution is -2.51. The van der Waals surface area contributed by atoms with Crippen LogP contribution in [0.2, 0.25) is 5.02 Å². The van der Waals surface area contributed by atoms with Gasteiger partial charge >= 0.3 is 0 Å². The Morgan fingerprint density at radius 2 is 1.91 bits per heavy atom. The van der Waals surface area contributed by atoms with Crippen LogP contribution in [0.3, 0.4) is 0 Å². The zero-order valence-corrected chi connectivity index (χ0v) is 27.5. The maximum atomic E-state index is 12.5. The van der Waals surface area contributed by atoms with E-state index in [1.54, 1.807) is 6.20 Å². The van der Waals surface area contributed by atoms with Crippen LogP contribution in [0.4, 0.5) is 11.6 Å². The van der Waals surface area contributed by atoms with Gasteiger partial charge in [-0.25, -0.2) is 19.2 Å². The van der Waals surface area contributed by atoms with Gasteiger partial charge in [0.2, 0.25) is 5.89 Å². The molecule has 2 fully saturated rings. The minimum absolute atomic E-state index is 0.0738. The van der Waals surface area contributed by atoms with Crippen molar-refractivity contribution in [3.8, 4) is 17.2 Å². The number of benzene rings is 2. The lowest BCUT2D eigenvalue weighted by molar-refractivity contribution is 0.00627. The van der Waals surface area contributed by atoms with Crippen LogP contribution in [-0.2, 0) is 15.7 Å². The number of hydrogen-bond donors (Lipinski definition) is 2. The second-order valence-electron chi connectivity index (χ2n) is 12.4. The minimum atomic E-state index is -1.47. The molecule has 4 aromatic rings. The fourth-order valence-corrected chi connectivity index (χ4v) is 7.98. The van der Waals surface area contributed by atoms with Crippen LogP contribution in [0.15, 0.2) is 69.3 Å². The van der Waals surface area contributed by atoms with Gasteiger partial charge in [-0.2, -0.15) is 0 Å². The number of ether oxygens (including phenoxy) is 2. The van der Waals surface area contributed by atoms with Crippen molar-refractivity contribution in [1.29, 1.82) is 0 Å². The van der Waals surface area contributed by atoms with E-state index in [2.05, 4.69) is 16.0 Å². The van der Waals surface area contributed by atoms with Crippen LogP contribution >= 0.6 is 23.4 Å². The molecule has 0 radical (unpaired) electrons. The second kappa shape index (κ2) is 11.9. The molecular formula is C32H35ClN6O4S2. The standard InChI is InChI=1S/C32H35ClN6O4S2/c1-31(2,45(35)40)16-22-20-6-3-4-8-23(20)43-32(22)10-13-39(14-11-32)28-26(19-17-41-18-19)37-30(27(34)38-28)44-24-9-5-7-21(25(24)33)29-36-12-15-42-29/h3-9,12,15,19,22H,10-11,13-14,16-18,35H2,1-2H3,(H2,34,38)/t22-,45?/m1/s1. The molecule has 3 aliphatic heterocycles. The number of nitrogens with zero attached hydrogens (tertiary/aromatic N) is 4. The normalized spacial score (nSPS) is 20.1. The van der Waals surface area contributed by atoms with E-state index >= 15 is 0 Å². The summed E-state index contributed by atoms with van der Waals surface area (Å²) in [7, 11) is -1.47. The van der Waals surface area contributed by atoms with Crippen molar-refractivity contribution in [2.24, 2.45) is 5.14 Å². The molecule has 2 aromatic heterocycles. The summed E-state index contributed by atoms with van der Waals surface area (Å²) in [5.74, 6) is 2.67. The number of anilines is 2. The van der Waals surface area contributed by atoms with Gasteiger partial charge in [-0.15, -0.1) is 0 Å². The summed E-state index contributed by atoms with van der Waals surface area (Å²) in [5, 5.41) is 7.03. The first kappa shape index (κ1) is 30.5. The third-order valence-corrected chi connectivity index (χ3v) is 12.0. The van der Waals surface area contributed by atoms with Crippen LogP contribution in [0.5, 0.6) is 5.75 Å². The van der Waals surface area contributed by atoms with Crippen molar-refractivity contribution in [3.05, 3.63) is 71.2 Å². The molecule has 45 heavy (non-hydrogen) atoms. The van der Waals surface area contributed by atoms with E-state index in [4.69, 9.17) is 46.3 Å². The van der Waals surface area contributed by atoms with Gasteiger partial charge in [-0.1, -0.05) is 47.6 Å². The van der Waals surface area contributed by atoms with Gasteiger partial charge in [0.1, 0.15) is 22.6 Å². The first-order valence-corrected chi connectivity index (χ1v) is 17.4. The summed E-state index contributed by atoms with van der Waals surface area (Å²) < 4.78 is 29.7. The van der Waals surface area contributed by atoms with E-state index in [0.29, 0.717) is 60.0 Å². The molecule has 2 atom stereocenters. The topological polar surface area (TPSA) is 143 Å². The van der Waals surface area contributed by atoms with Crippen LogP contribution in [0.25, 0.3) is 11.5 Å². The van der Waals surface area contributed by atoms with Crippen molar-refractivity contribution in [3.63, 3.8) is 0 Å². The minimum Gasteiger partial charge on any atom is -0.486 e. The summed E-state index contributed by atoms with van der Waals surface area (Å²) in [6.45, 7) is 6.52. The highest BCUT2D eigenvalue weighted by Gasteiger charge is 2.52. The Morgan fingerprint density at radius 1 is 1.13 bits per heavy atom. The Labute approximate surface area is 273 Å². The van der Waals surface area contributed by atoms with Gasteiger partial charge in [-0.05, 0) is 38.5 Å². The first-order chi connectivity index (χ1) is 21.6. The van der Waals surface area contributed by atoms with E-state index in [1.165, 1.54) is 18.0 Å². The molecule has 2 aromatic carbocycles. The van der Waals surface area contributed by atoms with E-state index in [0.717, 1.165) is 40.6 Å². The molecule has 5 heterocycles. The highest BCUT2D eigenvalue weighted by molar-refractivity contribution is 7.99. The first-order valence-electron chi connectivity index (χ1n) is 15.0. The Bertz CT molecular complexity index is 1740. The molecule has 1 unspecified atom stereocenters. The number of para-hydroxylation sites is 1. The number of nitrogens with two attached hydrogens (primary N) is 2. The largest absolute Gasteiger partial charge is 0.486 e. The Kier molecular flexibility index (Phi) is 8.06. The Hall–Kier alpha value is -3.16. The van der Waals surface area contributed by atoms with Crippen LogP contribution < -0.4 is 20.5 Å². The zero-order chi connectivity index (χ0) is 31.3. The predicted molar refractivity (Wildman–Crippen MR) is 176 cm³/mol. The third-order valence-electron chi connectivity index (χ3n) is 9.15. The molecule has 0 aliphatic carbocycles. The maximum absolute atomic E-state index is 12.5.